The molecule has 0 spiro atoms. The van der Waals surface area contributed by atoms with Gasteiger partial charge in [0.05, 0.1) is 0 Å². The first-order valence-electron chi connectivity index (χ1n) is 5.62. The van der Waals surface area contributed by atoms with Crippen molar-refractivity contribution in [3.05, 3.63) is 23.3 Å². The van der Waals surface area contributed by atoms with Crippen LogP contribution < -0.4 is 5.73 Å². The van der Waals surface area contributed by atoms with E-state index < -0.39 is 0 Å². The molecule has 14 heavy (non-hydrogen) atoms. The maximum absolute atomic E-state index is 5.92. The highest BCUT2D eigenvalue weighted by molar-refractivity contribution is 5.05. The van der Waals surface area contributed by atoms with Crippen LogP contribution in [0.1, 0.15) is 53.4 Å². The molecule has 0 aromatic rings. The predicted molar refractivity (Wildman–Crippen MR) is 65.3 cm³/mol. The van der Waals surface area contributed by atoms with Crippen LogP contribution in [0.15, 0.2) is 23.3 Å². The Balaban J connectivity index is 3.82. The SMILES string of the molecule is CCCC(N)C=C(C)CCC=C(C)C. The van der Waals surface area contributed by atoms with Crippen LogP contribution in [-0.2, 0) is 0 Å². The summed E-state index contributed by atoms with van der Waals surface area (Å²) in [6, 6.07) is 0.256. The topological polar surface area (TPSA) is 26.0 Å². The van der Waals surface area contributed by atoms with Gasteiger partial charge in [0.1, 0.15) is 0 Å². The van der Waals surface area contributed by atoms with Gasteiger partial charge in [-0.1, -0.05) is 36.6 Å². The predicted octanol–water partition coefficient (Wildman–Crippen LogP) is 3.81. The second-order valence-corrected chi connectivity index (χ2v) is 4.29. The third-order valence-electron chi connectivity index (χ3n) is 2.21. The van der Waals surface area contributed by atoms with E-state index in [1.165, 1.54) is 17.6 Å². The summed E-state index contributed by atoms with van der Waals surface area (Å²) in [5.74, 6) is 0. The number of rotatable bonds is 6. The molecule has 0 bridgehead atoms. The summed E-state index contributed by atoms with van der Waals surface area (Å²) >= 11 is 0. The lowest BCUT2D eigenvalue weighted by atomic mass is 10.1. The summed E-state index contributed by atoms with van der Waals surface area (Å²) in [6.07, 6.45) is 9.04. The second kappa shape index (κ2) is 7.81. The third kappa shape index (κ3) is 8.06. The first-order chi connectivity index (χ1) is 6.56. The summed E-state index contributed by atoms with van der Waals surface area (Å²) in [7, 11) is 0. The van der Waals surface area contributed by atoms with Crippen LogP contribution in [0.5, 0.6) is 0 Å². The van der Waals surface area contributed by atoms with E-state index in [2.05, 4.69) is 39.8 Å². The standard InChI is InChI=1S/C13H25N/c1-5-7-13(14)10-12(4)9-6-8-11(2)3/h8,10,13H,5-7,9,14H2,1-4H3. The average molecular weight is 195 g/mol. The van der Waals surface area contributed by atoms with Crippen LogP contribution in [0.4, 0.5) is 0 Å². The highest BCUT2D eigenvalue weighted by atomic mass is 14.6. The van der Waals surface area contributed by atoms with Crippen molar-refractivity contribution < 1.29 is 0 Å². The molecule has 0 rings (SSSR count). The van der Waals surface area contributed by atoms with Crippen molar-refractivity contribution in [2.45, 2.75) is 59.4 Å². The van der Waals surface area contributed by atoms with Gasteiger partial charge in [-0.3, -0.25) is 0 Å². The summed E-state index contributed by atoms with van der Waals surface area (Å²) in [4.78, 5) is 0. The van der Waals surface area contributed by atoms with E-state index in [4.69, 9.17) is 5.73 Å². The molecule has 1 atom stereocenters. The maximum Gasteiger partial charge on any atom is 0.0226 e. The van der Waals surface area contributed by atoms with Crippen molar-refractivity contribution in [3.63, 3.8) is 0 Å². The van der Waals surface area contributed by atoms with E-state index in [1.54, 1.807) is 0 Å². The van der Waals surface area contributed by atoms with Crippen LogP contribution in [-0.4, -0.2) is 6.04 Å². The first kappa shape index (κ1) is 13.4. The molecule has 2 N–H and O–H groups in total. The Bertz CT molecular complexity index is 197. The van der Waals surface area contributed by atoms with E-state index in [0.29, 0.717) is 0 Å². The van der Waals surface area contributed by atoms with Crippen molar-refractivity contribution in [3.8, 4) is 0 Å². The average Bonchev–Trinajstić information content (AvgIpc) is 2.03. The minimum atomic E-state index is 0.256. The van der Waals surface area contributed by atoms with Crippen molar-refractivity contribution in [1.29, 1.82) is 0 Å². The molecule has 1 nitrogen and oxygen atoms in total. The van der Waals surface area contributed by atoms with E-state index in [0.717, 1.165) is 19.3 Å². The van der Waals surface area contributed by atoms with E-state index in [-0.39, 0.29) is 6.04 Å². The van der Waals surface area contributed by atoms with Gasteiger partial charge in [0.2, 0.25) is 0 Å². The molecule has 0 amide bonds. The molecule has 0 aromatic carbocycles. The van der Waals surface area contributed by atoms with Gasteiger partial charge in [-0.2, -0.15) is 0 Å². The smallest absolute Gasteiger partial charge is 0.0226 e. The molecule has 0 aliphatic rings. The van der Waals surface area contributed by atoms with Crippen LogP contribution >= 0.6 is 0 Å². The van der Waals surface area contributed by atoms with E-state index in [9.17, 15) is 0 Å². The molecule has 0 radical (unpaired) electrons. The molecule has 0 fully saturated rings. The largest absolute Gasteiger partial charge is 0.324 e. The molecular weight excluding hydrogens is 170 g/mol. The maximum atomic E-state index is 5.92. The molecular formula is C13H25N. The van der Waals surface area contributed by atoms with Crippen LogP contribution in [0, 0.1) is 0 Å². The van der Waals surface area contributed by atoms with Gasteiger partial charge >= 0.3 is 0 Å². The van der Waals surface area contributed by atoms with Gasteiger partial charge in [-0.15, -0.1) is 0 Å². The summed E-state index contributed by atoms with van der Waals surface area (Å²) in [5, 5.41) is 0. The third-order valence-corrected chi connectivity index (χ3v) is 2.21. The fourth-order valence-electron chi connectivity index (χ4n) is 1.45. The molecule has 0 aliphatic carbocycles. The number of allylic oxidation sites excluding steroid dienone is 3. The van der Waals surface area contributed by atoms with Crippen molar-refractivity contribution in [2.75, 3.05) is 0 Å². The molecule has 1 heteroatoms. The molecule has 0 saturated carbocycles. The van der Waals surface area contributed by atoms with Crippen molar-refractivity contribution in [2.24, 2.45) is 5.73 Å². The Morgan fingerprint density at radius 1 is 1.29 bits per heavy atom. The second-order valence-electron chi connectivity index (χ2n) is 4.29. The van der Waals surface area contributed by atoms with Crippen LogP contribution in [0.2, 0.25) is 0 Å². The van der Waals surface area contributed by atoms with Gasteiger partial charge in [0.25, 0.3) is 0 Å². The van der Waals surface area contributed by atoms with Gasteiger partial charge in [0.15, 0.2) is 0 Å². The molecule has 0 heterocycles. The Kier molecular flexibility index (Phi) is 7.50. The molecule has 0 saturated heterocycles. The lowest BCUT2D eigenvalue weighted by molar-refractivity contribution is 0.696. The zero-order valence-electron chi connectivity index (χ0n) is 10.1. The molecule has 0 aromatic heterocycles. The van der Waals surface area contributed by atoms with Crippen LogP contribution in [0.25, 0.3) is 0 Å². The fourth-order valence-corrected chi connectivity index (χ4v) is 1.45. The molecule has 1 unspecified atom stereocenters. The minimum Gasteiger partial charge on any atom is -0.324 e. The fraction of sp³-hybridized carbons (Fsp3) is 0.692. The lowest BCUT2D eigenvalue weighted by Crippen LogP contribution is -2.16. The first-order valence-corrected chi connectivity index (χ1v) is 5.62. The van der Waals surface area contributed by atoms with E-state index in [1.807, 2.05) is 0 Å². The molecule has 82 valence electrons. The number of nitrogens with two attached hydrogens (primary N) is 1. The highest BCUT2D eigenvalue weighted by Gasteiger charge is 1.96. The van der Waals surface area contributed by atoms with Gasteiger partial charge < -0.3 is 5.73 Å². The minimum absolute atomic E-state index is 0.256. The number of hydrogen-bond donors (Lipinski definition) is 1. The van der Waals surface area contributed by atoms with Gasteiger partial charge in [0, 0.05) is 6.04 Å². The van der Waals surface area contributed by atoms with Gasteiger partial charge in [-0.05, 0) is 40.0 Å². The van der Waals surface area contributed by atoms with Crippen LogP contribution in [0.3, 0.4) is 0 Å². The Hall–Kier alpha value is -0.560. The zero-order chi connectivity index (χ0) is 11.0. The Morgan fingerprint density at radius 2 is 1.93 bits per heavy atom. The highest BCUT2D eigenvalue weighted by Crippen LogP contribution is 2.08. The van der Waals surface area contributed by atoms with Crippen molar-refractivity contribution in [1.82, 2.24) is 0 Å². The lowest BCUT2D eigenvalue weighted by Gasteiger charge is -2.06. The monoisotopic (exact) mass is 195 g/mol. The normalized spacial score (nSPS) is 13.9. The van der Waals surface area contributed by atoms with E-state index >= 15 is 0 Å². The quantitative estimate of drug-likeness (QED) is 0.641. The number of hydrogen-bond acceptors (Lipinski definition) is 1. The summed E-state index contributed by atoms with van der Waals surface area (Å²) in [6.45, 7) is 8.63. The Labute approximate surface area is 89.1 Å². The summed E-state index contributed by atoms with van der Waals surface area (Å²) < 4.78 is 0. The Morgan fingerprint density at radius 3 is 2.43 bits per heavy atom. The summed E-state index contributed by atoms with van der Waals surface area (Å²) in [5.41, 5.74) is 8.74. The van der Waals surface area contributed by atoms with Gasteiger partial charge in [-0.25, -0.2) is 0 Å². The molecule has 0 aliphatic heterocycles. The zero-order valence-corrected chi connectivity index (χ0v) is 10.1. The van der Waals surface area contributed by atoms with Crippen molar-refractivity contribution >= 4 is 0 Å².